The minimum Gasteiger partial charge on any atom is -0.381 e. The zero-order chi connectivity index (χ0) is 11.8. The number of nitrogens with zero attached hydrogens (tertiary/aromatic N) is 1. The summed E-state index contributed by atoms with van der Waals surface area (Å²) in [6.45, 7) is 10.9. The quantitative estimate of drug-likeness (QED) is 0.721. The van der Waals surface area contributed by atoms with Crippen LogP contribution in [0.25, 0.3) is 0 Å². The van der Waals surface area contributed by atoms with Crippen LogP contribution >= 0.6 is 0 Å². The van der Waals surface area contributed by atoms with E-state index in [2.05, 4.69) is 18.7 Å². The molecule has 1 aliphatic heterocycles. The average molecular weight is 228 g/mol. The minimum absolute atomic E-state index is 0.748. The van der Waals surface area contributed by atoms with Crippen molar-refractivity contribution in [1.82, 2.24) is 4.90 Å². The van der Waals surface area contributed by atoms with E-state index in [0.29, 0.717) is 0 Å². The fourth-order valence-corrected chi connectivity index (χ4v) is 2.38. The maximum Gasteiger partial charge on any atom is 0.0469 e. The molecule has 0 aliphatic carbocycles. The lowest BCUT2D eigenvalue weighted by atomic mass is 9.99. The van der Waals surface area contributed by atoms with E-state index in [-0.39, 0.29) is 0 Å². The molecule has 2 N–H and O–H groups in total. The molecule has 0 radical (unpaired) electrons. The van der Waals surface area contributed by atoms with Gasteiger partial charge in [-0.05, 0) is 44.2 Å². The summed E-state index contributed by atoms with van der Waals surface area (Å²) in [5, 5.41) is 0. The first-order valence-electron chi connectivity index (χ1n) is 6.72. The number of hydrogen-bond acceptors (Lipinski definition) is 3. The summed E-state index contributed by atoms with van der Waals surface area (Å²) in [4.78, 5) is 2.59. The van der Waals surface area contributed by atoms with E-state index < -0.39 is 0 Å². The molecule has 0 aromatic carbocycles. The van der Waals surface area contributed by atoms with Crippen LogP contribution in [0.3, 0.4) is 0 Å². The van der Waals surface area contributed by atoms with Crippen LogP contribution in [0.5, 0.6) is 0 Å². The summed E-state index contributed by atoms with van der Waals surface area (Å²) in [5.41, 5.74) is 5.59. The van der Waals surface area contributed by atoms with Crippen molar-refractivity contribution >= 4 is 0 Å². The second-order valence-corrected chi connectivity index (χ2v) is 5.35. The summed E-state index contributed by atoms with van der Waals surface area (Å²) >= 11 is 0. The normalized spacial score (nSPS) is 18.6. The molecule has 0 amide bonds. The van der Waals surface area contributed by atoms with Gasteiger partial charge < -0.3 is 15.4 Å². The molecule has 0 aromatic heterocycles. The molecule has 16 heavy (non-hydrogen) atoms. The van der Waals surface area contributed by atoms with Gasteiger partial charge in [0.05, 0.1) is 0 Å². The van der Waals surface area contributed by atoms with Crippen molar-refractivity contribution < 1.29 is 4.74 Å². The van der Waals surface area contributed by atoms with Crippen molar-refractivity contribution in [3.05, 3.63) is 0 Å². The van der Waals surface area contributed by atoms with Crippen LogP contribution in [0.1, 0.15) is 33.1 Å². The van der Waals surface area contributed by atoms with Gasteiger partial charge in [0.2, 0.25) is 0 Å². The molecular formula is C13H28N2O. The van der Waals surface area contributed by atoms with Crippen LogP contribution in [0.4, 0.5) is 0 Å². The van der Waals surface area contributed by atoms with Gasteiger partial charge in [-0.25, -0.2) is 0 Å². The predicted octanol–water partition coefficient (Wildman–Crippen LogP) is 1.72. The molecule has 1 saturated heterocycles. The van der Waals surface area contributed by atoms with Crippen LogP contribution in [0.15, 0.2) is 0 Å². The molecule has 1 rings (SSSR count). The summed E-state index contributed by atoms with van der Waals surface area (Å²) in [7, 11) is 0. The SMILES string of the molecule is CC(C)CN(CCCN)CC1CCOCC1. The van der Waals surface area contributed by atoms with Crippen molar-refractivity contribution in [2.45, 2.75) is 33.1 Å². The largest absolute Gasteiger partial charge is 0.381 e. The fraction of sp³-hybridized carbons (Fsp3) is 1.00. The van der Waals surface area contributed by atoms with Crippen LogP contribution in [0.2, 0.25) is 0 Å². The van der Waals surface area contributed by atoms with Gasteiger partial charge in [0.1, 0.15) is 0 Å². The smallest absolute Gasteiger partial charge is 0.0469 e. The Labute approximate surface area is 100 Å². The maximum atomic E-state index is 5.59. The Kier molecular flexibility index (Phi) is 7.01. The van der Waals surface area contributed by atoms with Gasteiger partial charge in [0, 0.05) is 26.3 Å². The molecule has 0 aromatic rings. The fourth-order valence-electron chi connectivity index (χ4n) is 2.38. The highest BCUT2D eigenvalue weighted by Gasteiger charge is 2.17. The van der Waals surface area contributed by atoms with Crippen molar-refractivity contribution in [2.24, 2.45) is 17.6 Å². The highest BCUT2D eigenvalue weighted by Crippen LogP contribution is 2.16. The van der Waals surface area contributed by atoms with E-state index in [1.807, 2.05) is 0 Å². The minimum atomic E-state index is 0.748. The Morgan fingerprint density at radius 2 is 2.00 bits per heavy atom. The maximum absolute atomic E-state index is 5.59. The van der Waals surface area contributed by atoms with Crippen molar-refractivity contribution in [3.8, 4) is 0 Å². The molecule has 0 saturated carbocycles. The van der Waals surface area contributed by atoms with Crippen LogP contribution < -0.4 is 5.73 Å². The highest BCUT2D eigenvalue weighted by atomic mass is 16.5. The van der Waals surface area contributed by atoms with E-state index in [0.717, 1.165) is 44.6 Å². The van der Waals surface area contributed by atoms with Gasteiger partial charge >= 0.3 is 0 Å². The first kappa shape index (κ1) is 13.9. The summed E-state index contributed by atoms with van der Waals surface area (Å²) in [6.07, 6.45) is 3.59. The van der Waals surface area contributed by atoms with Gasteiger partial charge in [-0.2, -0.15) is 0 Å². The third kappa shape index (κ3) is 5.83. The topological polar surface area (TPSA) is 38.5 Å². The summed E-state index contributed by atoms with van der Waals surface area (Å²) < 4.78 is 5.40. The monoisotopic (exact) mass is 228 g/mol. The van der Waals surface area contributed by atoms with Gasteiger partial charge in [0.25, 0.3) is 0 Å². The number of rotatable bonds is 7. The number of hydrogen-bond donors (Lipinski definition) is 1. The Hall–Kier alpha value is -0.120. The molecule has 3 heteroatoms. The third-order valence-electron chi connectivity index (χ3n) is 3.16. The van der Waals surface area contributed by atoms with Gasteiger partial charge in [-0.3, -0.25) is 0 Å². The lowest BCUT2D eigenvalue weighted by Crippen LogP contribution is -2.36. The van der Waals surface area contributed by atoms with Crippen LogP contribution in [-0.4, -0.2) is 44.3 Å². The summed E-state index contributed by atoms with van der Waals surface area (Å²) in [5.74, 6) is 1.59. The first-order valence-corrected chi connectivity index (χ1v) is 6.72. The third-order valence-corrected chi connectivity index (χ3v) is 3.16. The van der Waals surface area contributed by atoms with Crippen molar-refractivity contribution in [1.29, 1.82) is 0 Å². The number of nitrogens with two attached hydrogens (primary N) is 1. The molecule has 1 fully saturated rings. The molecular weight excluding hydrogens is 200 g/mol. The average Bonchev–Trinajstić information content (AvgIpc) is 2.26. The predicted molar refractivity (Wildman–Crippen MR) is 68.5 cm³/mol. The van der Waals surface area contributed by atoms with Gasteiger partial charge in [-0.15, -0.1) is 0 Å². The molecule has 0 unspecified atom stereocenters. The molecule has 0 atom stereocenters. The second-order valence-electron chi connectivity index (χ2n) is 5.35. The van der Waals surface area contributed by atoms with Crippen LogP contribution in [-0.2, 0) is 4.74 Å². The van der Waals surface area contributed by atoms with E-state index >= 15 is 0 Å². The second kappa shape index (κ2) is 8.04. The van der Waals surface area contributed by atoms with Crippen molar-refractivity contribution in [2.75, 3.05) is 39.4 Å². The van der Waals surface area contributed by atoms with E-state index in [4.69, 9.17) is 10.5 Å². The molecule has 96 valence electrons. The first-order chi connectivity index (χ1) is 7.72. The molecule has 0 bridgehead atoms. The van der Waals surface area contributed by atoms with Gasteiger partial charge in [0.15, 0.2) is 0 Å². The zero-order valence-corrected chi connectivity index (χ0v) is 11.0. The van der Waals surface area contributed by atoms with Crippen molar-refractivity contribution in [3.63, 3.8) is 0 Å². The molecule has 3 nitrogen and oxygen atoms in total. The standard InChI is InChI=1S/C13H28N2O/c1-12(2)10-15(7-3-6-14)11-13-4-8-16-9-5-13/h12-13H,3-11,14H2,1-2H3. The number of ether oxygens (including phenoxy) is 1. The molecule has 0 spiro atoms. The molecule has 1 heterocycles. The van der Waals surface area contributed by atoms with Gasteiger partial charge in [-0.1, -0.05) is 13.8 Å². The lowest BCUT2D eigenvalue weighted by Gasteiger charge is -2.30. The molecule has 1 aliphatic rings. The lowest BCUT2D eigenvalue weighted by molar-refractivity contribution is 0.0508. The highest BCUT2D eigenvalue weighted by molar-refractivity contribution is 4.70. The van der Waals surface area contributed by atoms with E-state index in [9.17, 15) is 0 Å². The Morgan fingerprint density at radius 3 is 2.56 bits per heavy atom. The Balaban J connectivity index is 2.28. The summed E-state index contributed by atoms with van der Waals surface area (Å²) in [6, 6.07) is 0. The Morgan fingerprint density at radius 1 is 1.31 bits per heavy atom. The van der Waals surface area contributed by atoms with Crippen LogP contribution in [0, 0.1) is 11.8 Å². The van der Waals surface area contributed by atoms with E-state index in [1.165, 1.54) is 25.9 Å². The Bertz CT molecular complexity index is 167. The van der Waals surface area contributed by atoms with E-state index in [1.54, 1.807) is 0 Å². The zero-order valence-electron chi connectivity index (χ0n) is 11.0.